The molecule has 5 heteroatoms. The van der Waals surface area contributed by atoms with Crippen LogP contribution in [0.2, 0.25) is 0 Å². The van der Waals surface area contributed by atoms with Gasteiger partial charge in [-0.15, -0.1) is 0 Å². The molecule has 0 fully saturated rings. The van der Waals surface area contributed by atoms with Crippen molar-refractivity contribution in [1.29, 1.82) is 0 Å². The highest BCUT2D eigenvalue weighted by Gasteiger charge is 2.10. The van der Waals surface area contributed by atoms with E-state index in [1.807, 2.05) is 12.1 Å². The summed E-state index contributed by atoms with van der Waals surface area (Å²) in [6, 6.07) is 3.69. The maximum atomic E-state index is 10.6. The third-order valence-electron chi connectivity index (χ3n) is 1.67. The first-order chi connectivity index (χ1) is 6.54. The van der Waals surface area contributed by atoms with Crippen molar-refractivity contribution in [2.24, 2.45) is 0 Å². The molecule has 0 unspecified atom stereocenters. The Morgan fingerprint density at radius 2 is 2.00 bits per heavy atom. The average Bonchev–Trinajstić information content (AvgIpc) is 2.10. The lowest BCUT2D eigenvalue weighted by molar-refractivity contribution is -0.136. The summed E-state index contributed by atoms with van der Waals surface area (Å²) >= 11 is 4.36. The second kappa shape index (κ2) is 5.15. The molecule has 14 heavy (non-hydrogen) atoms. The van der Waals surface area contributed by atoms with Crippen molar-refractivity contribution in [3.8, 4) is 5.75 Å². The highest BCUT2D eigenvalue weighted by molar-refractivity contribution is 14.1. The number of benzene rings is 1. The third-order valence-corrected chi connectivity index (χ3v) is 4.48. The molecule has 0 spiro atoms. The van der Waals surface area contributed by atoms with Gasteiger partial charge in [-0.2, -0.15) is 0 Å². The van der Waals surface area contributed by atoms with E-state index in [4.69, 9.17) is 9.84 Å². The van der Waals surface area contributed by atoms with Gasteiger partial charge in [-0.1, -0.05) is 0 Å². The summed E-state index contributed by atoms with van der Waals surface area (Å²) in [6.07, 6.45) is -0.00387. The minimum Gasteiger partial charge on any atom is -0.496 e. The number of hydrogen-bond donors (Lipinski definition) is 1. The van der Waals surface area contributed by atoms with Gasteiger partial charge in [0, 0.05) is 12.7 Å². The number of carboxylic acids is 1. The highest BCUT2D eigenvalue weighted by atomic mass is 127. The van der Waals surface area contributed by atoms with Crippen LogP contribution in [-0.4, -0.2) is 18.2 Å². The molecule has 0 radical (unpaired) electrons. The number of ether oxygens (including phenoxy) is 1. The molecule has 1 aromatic rings. The maximum absolute atomic E-state index is 10.6. The van der Waals surface area contributed by atoms with E-state index in [0.717, 1.165) is 7.14 Å². The monoisotopic (exact) mass is 418 g/mol. The Hall–Kier alpha value is -0.0500. The summed E-state index contributed by atoms with van der Waals surface area (Å²) in [5, 5.41) is 8.69. The molecule has 3 nitrogen and oxygen atoms in total. The first-order valence-electron chi connectivity index (χ1n) is 3.78. The standard InChI is InChI=1S/C9H8I2O3/c1-14-8-4-7(11)6(10)2-5(8)3-9(12)13/h2,4H,3H2,1H3,(H,12,13). The van der Waals surface area contributed by atoms with E-state index >= 15 is 0 Å². The Bertz CT molecular complexity index is 363. The van der Waals surface area contributed by atoms with Crippen LogP contribution in [0.25, 0.3) is 0 Å². The normalized spacial score (nSPS) is 9.93. The van der Waals surface area contributed by atoms with E-state index in [-0.39, 0.29) is 6.42 Å². The number of carboxylic acid groups (broad SMARTS) is 1. The molecular formula is C9H8I2O3. The van der Waals surface area contributed by atoms with Gasteiger partial charge in [-0.25, -0.2) is 0 Å². The van der Waals surface area contributed by atoms with E-state index in [9.17, 15) is 4.79 Å². The molecule has 0 amide bonds. The predicted octanol–water partition coefficient (Wildman–Crippen LogP) is 2.53. The van der Waals surface area contributed by atoms with Crippen molar-refractivity contribution in [1.82, 2.24) is 0 Å². The number of carbonyl (C=O) groups is 1. The average molecular weight is 418 g/mol. The third kappa shape index (κ3) is 2.97. The van der Waals surface area contributed by atoms with Crippen LogP contribution < -0.4 is 4.74 Å². The topological polar surface area (TPSA) is 46.5 Å². The Morgan fingerprint density at radius 3 is 2.50 bits per heavy atom. The van der Waals surface area contributed by atoms with Gasteiger partial charge in [0.05, 0.1) is 13.5 Å². The molecule has 0 aromatic heterocycles. The van der Waals surface area contributed by atoms with Gasteiger partial charge >= 0.3 is 5.97 Å². The van der Waals surface area contributed by atoms with E-state index in [0.29, 0.717) is 11.3 Å². The van der Waals surface area contributed by atoms with Gasteiger partial charge in [0.1, 0.15) is 5.75 Å². The molecule has 0 aliphatic rings. The molecular weight excluding hydrogens is 410 g/mol. The van der Waals surface area contributed by atoms with E-state index in [1.54, 1.807) is 7.11 Å². The Morgan fingerprint density at radius 1 is 1.43 bits per heavy atom. The molecule has 0 saturated carbocycles. The Balaban J connectivity index is 3.13. The highest BCUT2D eigenvalue weighted by Crippen LogP contribution is 2.26. The summed E-state index contributed by atoms with van der Waals surface area (Å²) in [5.74, 6) is -0.211. The SMILES string of the molecule is COc1cc(I)c(I)cc1CC(=O)O. The van der Waals surface area contributed by atoms with Crippen molar-refractivity contribution >= 4 is 51.2 Å². The van der Waals surface area contributed by atoms with Crippen molar-refractivity contribution in [3.63, 3.8) is 0 Å². The zero-order chi connectivity index (χ0) is 10.7. The van der Waals surface area contributed by atoms with Crippen LogP contribution >= 0.6 is 45.2 Å². The smallest absolute Gasteiger partial charge is 0.307 e. The van der Waals surface area contributed by atoms with E-state index < -0.39 is 5.97 Å². The van der Waals surface area contributed by atoms with Gasteiger partial charge in [-0.05, 0) is 57.3 Å². The Kier molecular flexibility index (Phi) is 4.42. The first kappa shape index (κ1) is 12.0. The summed E-state index contributed by atoms with van der Waals surface area (Å²) in [6.45, 7) is 0. The minimum atomic E-state index is -0.847. The molecule has 1 N–H and O–H groups in total. The summed E-state index contributed by atoms with van der Waals surface area (Å²) in [7, 11) is 1.55. The van der Waals surface area contributed by atoms with Crippen molar-refractivity contribution in [2.75, 3.05) is 7.11 Å². The fraction of sp³-hybridized carbons (Fsp3) is 0.222. The van der Waals surface area contributed by atoms with Crippen LogP contribution in [0.15, 0.2) is 12.1 Å². The van der Waals surface area contributed by atoms with Crippen LogP contribution in [-0.2, 0) is 11.2 Å². The summed E-state index contributed by atoms with van der Waals surface area (Å²) < 4.78 is 7.22. The maximum Gasteiger partial charge on any atom is 0.307 e. The molecule has 0 bridgehead atoms. The van der Waals surface area contributed by atoms with Crippen molar-refractivity contribution in [2.45, 2.75) is 6.42 Å². The molecule has 0 aliphatic heterocycles. The van der Waals surface area contributed by atoms with E-state index in [2.05, 4.69) is 45.2 Å². The fourth-order valence-electron chi connectivity index (χ4n) is 1.06. The zero-order valence-electron chi connectivity index (χ0n) is 7.38. The van der Waals surface area contributed by atoms with Gasteiger partial charge in [0.2, 0.25) is 0 Å². The Labute approximate surface area is 109 Å². The lowest BCUT2D eigenvalue weighted by Gasteiger charge is -2.08. The summed E-state index contributed by atoms with van der Waals surface area (Å²) in [5.41, 5.74) is 0.713. The number of aliphatic carboxylic acids is 1. The van der Waals surface area contributed by atoms with Gasteiger partial charge < -0.3 is 9.84 Å². The predicted molar refractivity (Wildman–Crippen MR) is 69.8 cm³/mol. The number of hydrogen-bond acceptors (Lipinski definition) is 2. The van der Waals surface area contributed by atoms with Crippen LogP contribution in [0.5, 0.6) is 5.75 Å². The van der Waals surface area contributed by atoms with Gasteiger partial charge in [0.25, 0.3) is 0 Å². The van der Waals surface area contributed by atoms with Gasteiger partial charge in [-0.3, -0.25) is 4.79 Å². The van der Waals surface area contributed by atoms with Gasteiger partial charge in [0.15, 0.2) is 0 Å². The lowest BCUT2D eigenvalue weighted by Crippen LogP contribution is -2.03. The molecule has 76 valence electrons. The van der Waals surface area contributed by atoms with Crippen LogP contribution in [0.1, 0.15) is 5.56 Å². The van der Waals surface area contributed by atoms with Crippen LogP contribution in [0.4, 0.5) is 0 Å². The molecule has 0 saturated heterocycles. The summed E-state index contributed by atoms with van der Waals surface area (Å²) in [4.78, 5) is 10.6. The van der Waals surface area contributed by atoms with Crippen molar-refractivity contribution in [3.05, 3.63) is 24.8 Å². The van der Waals surface area contributed by atoms with Crippen LogP contribution in [0, 0.1) is 7.14 Å². The second-order valence-electron chi connectivity index (χ2n) is 2.65. The molecule has 0 heterocycles. The lowest BCUT2D eigenvalue weighted by atomic mass is 10.1. The van der Waals surface area contributed by atoms with Crippen molar-refractivity contribution < 1.29 is 14.6 Å². The first-order valence-corrected chi connectivity index (χ1v) is 5.94. The molecule has 0 atom stereocenters. The number of halogens is 2. The quantitative estimate of drug-likeness (QED) is 0.769. The molecule has 1 aromatic carbocycles. The fourth-order valence-corrected chi connectivity index (χ4v) is 2.03. The van der Waals surface area contributed by atoms with E-state index in [1.165, 1.54) is 0 Å². The van der Waals surface area contributed by atoms with Crippen LogP contribution in [0.3, 0.4) is 0 Å². The number of rotatable bonds is 3. The molecule has 0 aliphatic carbocycles. The number of methoxy groups -OCH3 is 1. The largest absolute Gasteiger partial charge is 0.496 e. The second-order valence-corrected chi connectivity index (χ2v) is 4.97. The molecule has 1 rings (SSSR count). The zero-order valence-corrected chi connectivity index (χ0v) is 11.7. The minimum absolute atomic E-state index is 0.00387.